The summed E-state index contributed by atoms with van der Waals surface area (Å²) >= 11 is 1.01. The van der Waals surface area contributed by atoms with Crippen molar-refractivity contribution in [3.63, 3.8) is 0 Å². The molecule has 0 radical (unpaired) electrons. The second-order valence-electron chi connectivity index (χ2n) is 6.68. The van der Waals surface area contributed by atoms with Crippen molar-refractivity contribution in [2.45, 2.75) is 12.6 Å². The molecule has 4 aromatic rings. The molecule has 0 aliphatic carbocycles. The maximum absolute atomic E-state index is 12.9. The Morgan fingerprint density at radius 3 is 2.74 bits per heavy atom. The van der Waals surface area contributed by atoms with E-state index in [2.05, 4.69) is 26.0 Å². The number of aromatic nitrogens is 2. The Kier molecular flexibility index (Phi) is 6.54. The molecule has 0 aliphatic rings. The molecule has 13 heteroatoms. The topological polar surface area (TPSA) is 123 Å². The number of carbonyl (C=O) groups excluding carboxylic acids is 2. The highest BCUT2D eigenvalue weighted by molar-refractivity contribution is 7.15. The molecule has 3 heterocycles. The monoisotopic (exact) mass is 489 g/mol. The summed E-state index contributed by atoms with van der Waals surface area (Å²) in [5, 5.41) is 14.4. The number of halogens is 3. The van der Waals surface area contributed by atoms with Gasteiger partial charge in [-0.15, -0.1) is 10.2 Å². The summed E-state index contributed by atoms with van der Waals surface area (Å²) in [6.45, 7) is 0. The van der Waals surface area contributed by atoms with Gasteiger partial charge in [0.25, 0.3) is 5.91 Å². The minimum absolute atomic E-state index is 0.109. The van der Waals surface area contributed by atoms with Gasteiger partial charge in [-0.3, -0.25) is 14.9 Å². The Morgan fingerprint density at radius 1 is 1.12 bits per heavy atom. The van der Waals surface area contributed by atoms with E-state index in [4.69, 9.17) is 8.83 Å². The number of hydrogen-bond acceptors (Lipinski definition) is 8. The van der Waals surface area contributed by atoms with Crippen LogP contribution in [0.3, 0.4) is 0 Å². The first-order valence-corrected chi connectivity index (χ1v) is 10.4. The van der Waals surface area contributed by atoms with Crippen LogP contribution < -0.4 is 10.7 Å². The van der Waals surface area contributed by atoms with Crippen molar-refractivity contribution in [3.8, 4) is 11.3 Å². The summed E-state index contributed by atoms with van der Waals surface area (Å²) in [4.78, 5) is 24.0. The average Bonchev–Trinajstić information content (AvgIpc) is 3.56. The molecule has 9 nitrogen and oxygen atoms in total. The molecule has 2 amide bonds. The van der Waals surface area contributed by atoms with E-state index in [9.17, 15) is 22.8 Å². The van der Waals surface area contributed by atoms with Crippen molar-refractivity contribution < 1.29 is 31.6 Å². The number of hydrazone groups is 1. The Morgan fingerprint density at radius 2 is 1.97 bits per heavy atom. The molecule has 0 atom stereocenters. The van der Waals surface area contributed by atoms with Crippen molar-refractivity contribution in [1.82, 2.24) is 15.6 Å². The molecule has 0 spiro atoms. The molecule has 0 bridgehead atoms. The Bertz CT molecular complexity index is 1330. The van der Waals surface area contributed by atoms with Crippen LogP contribution in [0.2, 0.25) is 0 Å². The van der Waals surface area contributed by atoms with Crippen LogP contribution in [0, 0.1) is 0 Å². The number of nitrogens with one attached hydrogen (secondary N) is 2. The number of hydrogen-bond donors (Lipinski definition) is 2. The largest absolute Gasteiger partial charge is 0.459 e. The van der Waals surface area contributed by atoms with Crippen LogP contribution in [0.1, 0.15) is 26.9 Å². The molecule has 2 N–H and O–H groups in total. The summed E-state index contributed by atoms with van der Waals surface area (Å²) in [7, 11) is 0. The summed E-state index contributed by atoms with van der Waals surface area (Å²) in [6.07, 6.45) is -2.03. The van der Waals surface area contributed by atoms with E-state index in [-0.39, 0.29) is 34.4 Å². The van der Waals surface area contributed by atoms with Gasteiger partial charge >= 0.3 is 6.18 Å². The smallest absolute Gasteiger partial charge is 0.416 e. The van der Waals surface area contributed by atoms with E-state index < -0.39 is 23.6 Å². The lowest BCUT2D eigenvalue weighted by molar-refractivity contribution is -0.137. The molecule has 1 aromatic carbocycles. The van der Waals surface area contributed by atoms with Crippen LogP contribution in [-0.2, 0) is 17.4 Å². The molecule has 0 saturated heterocycles. The van der Waals surface area contributed by atoms with Crippen LogP contribution in [0.15, 0.2) is 68.7 Å². The zero-order valence-electron chi connectivity index (χ0n) is 17.0. The van der Waals surface area contributed by atoms with Gasteiger partial charge in [0.2, 0.25) is 11.0 Å². The molecule has 0 aliphatic heterocycles. The van der Waals surface area contributed by atoms with E-state index in [0.29, 0.717) is 5.01 Å². The van der Waals surface area contributed by atoms with Crippen molar-refractivity contribution in [1.29, 1.82) is 0 Å². The first kappa shape index (κ1) is 22.9. The molecule has 34 heavy (non-hydrogen) atoms. The lowest BCUT2D eigenvalue weighted by atomic mass is 10.1. The Balaban J connectivity index is 1.30. The molecule has 0 unspecified atom stereocenters. The van der Waals surface area contributed by atoms with Crippen molar-refractivity contribution >= 4 is 34.5 Å². The van der Waals surface area contributed by atoms with Crippen molar-refractivity contribution in [2.75, 3.05) is 5.32 Å². The van der Waals surface area contributed by atoms with Crippen LogP contribution in [0.25, 0.3) is 11.3 Å². The van der Waals surface area contributed by atoms with E-state index in [1.807, 2.05) is 0 Å². The van der Waals surface area contributed by atoms with Gasteiger partial charge in [0.1, 0.15) is 16.5 Å². The lowest BCUT2D eigenvalue weighted by Crippen LogP contribution is -2.19. The van der Waals surface area contributed by atoms with E-state index in [0.717, 1.165) is 23.5 Å². The first-order valence-electron chi connectivity index (χ1n) is 9.54. The van der Waals surface area contributed by atoms with E-state index >= 15 is 0 Å². The number of amides is 2. The maximum atomic E-state index is 12.9. The van der Waals surface area contributed by atoms with E-state index in [1.165, 1.54) is 42.8 Å². The lowest BCUT2D eigenvalue weighted by Gasteiger charge is -2.07. The minimum atomic E-state index is -4.46. The van der Waals surface area contributed by atoms with E-state index in [1.54, 1.807) is 6.07 Å². The highest BCUT2D eigenvalue weighted by Crippen LogP contribution is 2.32. The van der Waals surface area contributed by atoms with Gasteiger partial charge < -0.3 is 8.83 Å². The third-order valence-corrected chi connectivity index (χ3v) is 5.06. The molecule has 3 aromatic heterocycles. The predicted octanol–water partition coefficient (Wildman–Crippen LogP) is 4.36. The quantitative estimate of drug-likeness (QED) is 0.294. The maximum Gasteiger partial charge on any atom is 0.416 e. The van der Waals surface area contributed by atoms with Gasteiger partial charge in [-0.05, 0) is 36.4 Å². The van der Waals surface area contributed by atoms with Crippen molar-refractivity contribution in [2.24, 2.45) is 5.10 Å². The fourth-order valence-electron chi connectivity index (χ4n) is 2.71. The number of rotatable bonds is 7. The number of alkyl halides is 3. The van der Waals surface area contributed by atoms with Crippen molar-refractivity contribution in [3.05, 3.63) is 76.9 Å². The van der Waals surface area contributed by atoms with Crippen LogP contribution in [0.5, 0.6) is 0 Å². The summed E-state index contributed by atoms with van der Waals surface area (Å²) in [6, 6.07) is 10.8. The second-order valence-corrected chi connectivity index (χ2v) is 7.74. The van der Waals surface area contributed by atoms with Gasteiger partial charge in [0.15, 0.2) is 5.76 Å². The van der Waals surface area contributed by atoms with Crippen LogP contribution >= 0.6 is 11.3 Å². The van der Waals surface area contributed by atoms with Crippen LogP contribution in [-0.4, -0.2) is 28.2 Å². The number of nitrogens with zero attached hydrogens (tertiary/aromatic N) is 3. The number of carbonyl (C=O) groups is 2. The SMILES string of the molecule is O=C(Cc1nnc(NC(=O)c2ccco2)s1)NN=Cc1ccc(-c2cccc(C(F)(F)F)c2)o1. The summed E-state index contributed by atoms with van der Waals surface area (Å²) in [5.74, 6) is -0.438. The molecule has 4 rings (SSSR count). The molecular weight excluding hydrogens is 475 g/mol. The third-order valence-electron chi connectivity index (χ3n) is 4.23. The summed E-state index contributed by atoms with van der Waals surface area (Å²) in [5.41, 5.74) is 1.76. The third kappa shape index (κ3) is 5.75. The first-order chi connectivity index (χ1) is 16.3. The zero-order chi connectivity index (χ0) is 24.1. The van der Waals surface area contributed by atoms with Gasteiger partial charge in [0.05, 0.1) is 24.5 Å². The molecular formula is C21H14F3N5O4S. The average molecular weight is 489 g/mol. The molecule has 0 fully saturated rings. The molecule has 0 saturated carbocycles. The van der Waals surface area contributed by atoms with Gasteiger partial charge in [-0.2, -0.15) is 18.3 Å². The zero-order valence-corrected chi connectivity index (χ0v) is 17.8. The predicted molar refractivity (Wildman–Crippen MR) is 115 cm³/mol. The minimum Gasteiger partial charge on any atom is -0.459 e. The second kappa shape index (κ2) is 9.70. The number of benzene rings is 1. The summed E-state index contributed by atoms with van der Waals surface area (Å²) < 4.78 is 49.1. The fraction of sp³-hybridized carbons (Fsp3) is 0.0952. The van der Waals surface area contributed by atoms with Gasteiger partial charge in [-0.25, -0.2) is 5.43 Å². The number of anilines is 1. The van der Waals surface area contributed by atoms with Gasteiger partial charge in [-0.1, -0.05) is 23.5 Å². The normalized spacial score (nSPS) is 11.6. The standard InChI is InChI=1S/C21H14F3N5O4S/c22-21(23,24)13-4-1-3-12(9-13)15-7-6-14(33-15)11-25-27-17(30)10-18-28-29-20(34-18)26-19(31)16-5-2-8-32-16/h1-9,11H,10H2,(H,27,30)(H,26,29,31). The Labute approximate surface area is 193 Å². The molecule has 174 valence electrons. The highest BCUT2D eigenvalue weighted by Gasteiger charge is 2.30. The fourth-order valence-corrected chi connectivity index (χ4v) is 3.45. The Hall–Kier alpha value is -4.26. The number of furan rings is 2. The highest BCUT2D eigenvalue weighted by atomic mass is 32.1. The van der Waals surface area contributed by atoms with Gasteiger partial charge in [0, 0.05) is 5.56 Å². The van der Waals surface area contributed by atoms with Crippen LogP contribution in [0.4, 0.5) is 18.3 Å².